The van der Waals surface area contributed by atoms with Gasteiger partial charge in [-0.05, 0) is 35.2 Å². The summed E-state index contributed by atoms with van der Waals surface area (Å²) in [6, 6.07) is 1.99. The summed E-state index contributed by atoms with van der Waals surface area (Å²) >= 11 is 5.11. The Labute approximate surface area is 103 Å². The molecule has 84 valence electrons. The minimum atomic E-state index is 0.121. The van der Waals surface area contributed by atoms with E-state index in [1.807, 2.05) is 16.8 Å². The van der Waals surface area contributed by atoms with E-state index in [0.717, 1.165) is 24.9 Å². The number of rotatable bonds is 6. The monoisotopic (exact) mass is 289 g/mol. The van der Waals surface area contributed by atoms with Crippen LogP contribution in [0.15, 0.2) is 16.8 Å². The molecule has 0 fully saturated rings. The topological polar surface area (TPSA) is 29.1 Å². The zero-order chi connectivity index (χ0) is 11.1. The van der Waals surface area contributed by atoms with Gasteiger partial charge in [-0.3, -0.25) is 4.79 Å². The van der Waals surface area contributed by atoms with Crippen LogP contribution in [0.2, 0.25) is 0 Å². The van der Waals surface area contributed by atoms with Gasteiger partial charge in [0.2, 0.25) is 5.91 Å². The van der Waals surface area contributed by atoms with E-state index < -0.39 is 0 Å². The van der Waals surface area contributed by atoms with Gasteiger partial charge in [-0.15, -0.1) is 0 Å². The van der Waals surface area contributed by atoms with E-state index in [4.69, 9.17) is 0 Å². The van der Waals surface area contributed by atoms with Crippen molar-refractivity contribution < 1.29 is 4.79 Å². The predicted octanol–water partition coefficient (Wildman–Crippen LogP) is 2.97. The maximum atomic E-state index is 11.4. The van der Waals surface area contributed by atoms with Gasteiger partial charge in [0.05, 0.1) is 6.42 Å². The Morgan fingerprint density at radius 1 is 1.67 bits per heavy atom. The van der Waals surface area contributed by atoms with Crippen molar-refractivity contribution in [2.45, 2.75) is 31.0 Å². The van der Waals surface area contributed by atoms with Gasteiger partial charge in [0, 0.05) is 11.4 Å². The summed E-state index contributed by atoms with van der Waals surface area (Å²) in [6.07, 6.45) is 2.63. The predicted molar refractivity (Wildman–Crippen MR) is 68.7 cm³/mol. The van der Waals surface area contributed by atoms with Crippen molar-refractivity contribution in [1.29, 1.82) is 0 Å². The Kier molecular flexibility index (Phi) is 5.95. The zero-order valence-electron chi connectivity index (χ0n) is 8.83. The molecule has 1 atom stereocenters. The molecule has 1 rings (SSSR count). The van der Waals surface area contributed by atoms with Crippen LogP contribution in [-0.2, 0) is 11.2 Å². The van der Waals surface area contributed by atoms with Crippen LogP contribution >= 0.6 is 27.3 Å². The van der Waals surface area contributed by atoms with E-state index in [1.165, 1.54) is 0 Å². The number of hydrogen-bond acceptors (Lipinski definition) is 2. The van der Waals surface area contributed by atoms with Crippen molar-refractivity contribution >= 4 is 33.2 Å². The third kappa shape index (κ3) is 5.95. The molecule has 1 aromatic rings. The number of amides is 1. The van der Waals surface area contributed by atoms with Gasteiger partial charge in [-0.25, -0.2) is 0 Å². The summed E-state index contributed by atoms with van der Waals surface area (Å²) in [6.45, 7) is 2.89. The van der Waals surface area contributed by atoms with Gasteiger partial charge in [-0.1, -0.05) is 22.9 Å². The quantitative estimate of drug-likeness (QED) is 0.633. The first-order valence-electron chi connectivity index (χ1n) is 5.10. The third-order valence-corrected chi connectivity index (χ3v) is 3.24. The lowest BCUT2D eigenvalue weighted by Crippen LogP contribution is -2.26. The number of carbonyl (C=O) groups excluding carboxylic acids is 1. The molecule has 0 saturated heterocycles. The van der Waals surface area contributed by atoms with E-state index in [9.17, 15) is 4.79 Å². The standard InChI is InChI=1S/C11H16BrNOS/c1-9(12)3-2-5-13-11(14)7-10-4-6-15-8-10/h4,6,8-9H,2-3,5,7H2,1H3,(H,13,14). The fraction of sp³-hybridized carbons (Fsp3) is 0.545. The minimum Gasteiger partial charge on any atom is -0.356 e. The number of carbonyl (C=O) groups is 1. The highest BCUT2D eigenvalue weighted by Crippen LogP contribution is 2.07. The molecule has 0 aliphatic heterocycles. The van der Waals surface area contributed by atoms with Crippen molar-refractivity contribution in [1.82, 2.24) is 5.32 Å². The number of alkyl halides is 1. The molecule has 1 heterocycles. The van der Waals surface area contributed by atoms with Crippen molar-refractivity contribution in [2.75, 3.05) is 6.54 Å². The first kappa shape index (κ1) is 12.7. The molecule has 0 aliphatic carbocycles. The first-order chi connectivity index (χ1) is 7.18. The van der Waals surface area contributed by atoms with Crippen LogP contribution in [0, 0.1) is 0 Å². The Morgan fingerprint density at radius 3 is 3.07 bits per heavy atom. The Hall–Kier alpha value is -0.350. The summed E-state index contributed by atoms with van der Waals surface area (Å²) < 4.78 is 0. The molecule has 1 N–H and O–H groups in total. The molecule has 4 heteroatoms. The smallest absolute Gasteiger partial charge is 0.224 e. The van der Waals surface area contributed by atoms with E-state index in [0.29, 0.717) is 11.2 Å². The highest BCUT2D eigenvalue weighted by molar-refractivity contribution is 9.09. The third-order valence-electron chi connectivity index (χ3n) is 2.05. The zero-order valence-corrected chi connectivity index (χ0v) is 11.2. The Morgan fingerprint density at radius 2 is 2.47 bits per heavy atom. The lowest BCUT2D eigenvalue weighted by atomic mass is 10.2. The van der Waals surface area contributed by atoms with Crippen LogP contribution in [-0.4, -0.2) is 17.3 Å². The van der Waals surface area contributed by atoms with Gasteiger partial charge < -0.3 is 5.32 Å². The number of hydrogen-bond donors (Lipinski definition) is 1. The molecule has 0 aromatic carbocycles. The molecule has 0 aliphatic rings. The average molecular weight is 290 g/mol. The van der Waals surface area contributed by atoms with Gasteiger partial charge in [0.15, 0.2) is 0 Å². The molecule has 2 nitrogen and oxygen atoms in total. The van der Waals surface area contributed by atoms with Crippen molar-refractivity contribution in [3.63, 3.8) is 0 Å². The number of nitrogens with one attached hydrogen (secondary N) is 1. The van der Waals surface area contributed by atoms with Crippen LogP contribution in [0.5, 0.6) is 0 Å². The van der Waals surface area contributed by atoms with E-state index >= 15 is 0 Å². The van der Waals surface area contributed by atoms with Crippen molar-refractivity contribution in [2.24, 2.45) is 0 Å². The van der Waals surface area contributed by atoms with Crippen LogP contribution in [0.25, 0.3) is 0 Å². The van der Waals surface area contributed by atoms with Gasteiger partial charge >= 0.3 is 0 Å². The summed E-state index contributed by atoms with van der Waals surface area (Å²) in [7, 11) is 0. The molecule has 0 saturated carbocycles. The SMILES string of the molecule is CC(Br)CCCNC(=O)Cc1ccsc1. The van der Waals surface area contributed by atoms with E-state index in [1.54, 1.807) is 11.3 Å². The minimum absolute atomic E-state index is 0.121. The van der Waals surface area contributed by atoms with Crippen LogP contribution in [0.4, 0.5) is 0 Å². The Bertz CT molecular complexity index is 285. The summed E-state index contributed by atoms with van der Waals surface area (Å²) in [4.78, 5) is 12.0. The normalized spacial score (nSPS) is 12.4. The van der Waals surface area contributed by atoms with Crippen LogP contribution < -0.4 is 5.32 Å². The highest BCUT2D eigenvalue weighted by Gasteiger charge is 2.03. The Balaban J connectivity index is 2.09. The first-order valence-corrected chi connectivity index (χ1v) is 6.96. The molecule has 0 spiro atoms. The summed E-state index contributed by atoms with van der Waals surface area (Å²) in [5.74, 6) is 0.121. The maximum Gasteiger partial charge on any atom is 0.224 e. The van der Waals surface area contributed by atoms with Crippen molar-refractivity contribution in [3.8, 4) is 0 Å². The fourth-order valence-electron chi connectivity index (χ4n) is 1.25. The average Bonchev–Trinajstić information content (AvgIpc) is 2.64. The summed E-state index contributed by atoms with van der Waals surface area (Å²) in [5, 5.41) is 6.93. The molecule has 1 aromatic heterocycles. The van der Waals surface area contributed by atoms with E-state index in [-0.39, 0.29) is 5.91 Å². The fourth-order valence-corrected chi connectivity index (χ4v) is 2.24. The van der Waals surface area contributed by atoms with Crippen molar-refractivity contribution in [3.05, 3.63) is 22.4 Å². The largest absolute Gasteiger partial charge is 0.356 e. The summed E-state index contributed by atoms with van der Waals surface area (Å²) in [5.41, 5.74) is 1.10. The van der Waals surface area contributed by atoms with Gasteiger partial charge in [0.1, 0.15) is 0 Å². The molecule has 1 unspecified atom stereocenters. The lowest BCUT2D eigenvalue weighted by Gasteiger charge is -2.05. The van der Waals surface area contributed by atoms with Crippen LogP contribution in [0.3, 0.4) is 0 Å². The molecule has 15 heavy (non-hydrogen) atoms. The van der Waals surface area contributed by atoms with Gasteiger partial charge in [-0.2, -0.15) is 11.3 Å². The van der Waals surface area contributed by atoms with Crippen LogP contribution in [0.1, 0.15) is 25.3 Å². The molecule has 0 bridgehead atoms. The molecular weight excluding hydrogens is 274 g/mol. The highest BCUT2D eigenvalue weighted by atomic mass is 79.9. The van der Waals surface area contributed by atoms with Gasteiger partial charge in [0.25, 0.3) is 0 Å². The lowest BCUT2D eigenvalue weighted by molar-refractivity contribution is -0.120. The molecule has 1 amide bonds. The van der Waals surface area contributed by atoms with E-state index in [2.05, 4.69) is 28.2 Å². The second-order valence-corrected chi connectivity index (χ2v) is 5.92. The second-order valence-electron chi connectivity index (χ2n) is 3.58. The molecular formula is C11H16BrNOS. The molecule has 0 radical (unpaired) electrons. The second kappa shape index (κ2) is 7.01. The maximum absolute atomic E-state index is 11.4. The number of halogens is 1. The number of thiophene rings is 1.